The molecule has 0 saturated heterocycles. The summed E-state index contributed by atoms with van der Waals surface area (Å²) in [5, 5.41) is 29.4. The van der Waals surface area contributed by atoms with Crippen molar-refractivity contribution in [3.8, 4) is 0 Å². The molecule has 3 aromatic rings. The van der Waals surface area contributed by atoms with Gasteiger partial charge < -0.3 is 9.73 Å². The number of non-ortho nitro benzene ring substituents is 1. The molecule has 0 bridgehead atoms. The van der Waals surface area contributed by atoms with Gasteiger partial charge in [0.15, 0.2) is 5.76 Å². The molecular weight excluding hydrogens is 444 g/mol. The van der Waals surface area contributed by atoms with E-state index in [4.69, 9.17) is 4.42 Å². The number of pyridine rings is 1. The van der Waals surface area contributed by atoms with E-state index in [2.05, 4.69) is 20.8 Å². The van der Waals surface area contributed by atoms with Crippen molar-refractivity contribution in [3.63, 3.8) is 0 Å². The first-order valence-corrected chi connectivity index (χ1v) is 10.4. The molecule has 1 amide bonds. The summed E-state index contributed by atoms with van der Waals surface area (Å²) in [6.07, 6.45) is 3.53. The van der Waals surface area contributed by atoms with Crippen molar-refractivity contribution in [2.24, 2.45) is 5.10 Å². The maximum absolute atomic E-state index is 12.8. The number of carbonyl (C=O) groups excluding carboxylic acids is 1. The highest BCUT2D eigenvalue weighted by atomic mass is 16.6. The van der Waals surface area contributed by atoms with Crippen LogP contribution in [-0.4, -0.2) is 26.4 Å². The highest BCUT2D eigenvalue weighted by molar-refractivity contribution is 6.09. The van der Waals surface area contributed by atoms with Crippen LogP contribution in [0.4, 0.5) is 22.9 Å². The van der Waals surface area contributed by atoms with E-state index in [1.54, 1.807) is 19.2 Å². The summed E-state index contributed by atoms with van der Waals surface area (Å²) in [5.74, 6) is 0.694. The van der Waals surface area contributed by atoms with Crippen LogP contribution < -0.4 is 10.7 Å². The van der Waals surface area contributed by atoms with Crippen LogP contribution in [0, 0.1) is 34.1 Å². The van der Waals surface area contributed by atoms with Crippen molar-refractivity contribution in [2.75, 3.05) is 10.7 Å². The summed E-state index contributed by atoms with van der Waals surface area (Å²) >= 11 is 0. The van der Waals surface area contributed by atoms with Gasteiger partial charge in [0, 0.05) is 29.8 Å². The first-order chi connectivity index (χ1) is 16.2. The Balaban J connectivity index is 1.62. The summed E-state index contributed by atoms with van der Waals surface area (Å²) in [7, 11) is 0. The average molecular weight is 464 g/mol. The summed E-state index contributed by atoms with van der Waals surface area (Å²) in [5.41, 5.74) is 4.61. The maximum atomic E-state index is 12.8. The normalized spacial score (nSPS) is 13.9. The number of fused-ring (bicyclic) bond motifs is 1. The molecule has 12 nitrogen and oxygen atoms in total. The third-order valence-corrected chi connectivity index (χ3v) is 5.39. The zero-order valence-corrected chi connectivity index (χ0v) is 18.3. The van der Waals surface area contributed by atoms with Crippen LogP contribution in [0.5, 0.6) is 0 Å². The molecule has 1 aliphatic carbocycles. The molecule has 1 aliphatic rings. The van der Waals surface area contributed by atoms with Crippen molar-refractivity contribution < 1.29 is 19.1 Å². The Labute approximate surface area is 193 Å². The maximum Gasteiger partial charge on any atom is 0.301 e. The number of hydrogen-bond acceptors (Lipinski definition) is 9. The van der Waals surface area contributed by atoms with E-state index in [0.717, 1.165) is 17.7 Å². The first kappa shape index (κ1) is 22.6. The number of nitro benzene ring substituents is 2. The molecule has 174 valence electrons. The topological polar surface area (TPSA) is 166 Å². The zero-order valence-electron chi connectivity index (χ0n) is 18.3. The second-order valence-corrected chi connectivity index (χ2v) is 7.77. The summed E-state index contributed by atoms with van der Waals surface area (Å²) in [6.45, 7) is 3.64. The highest BCUT2D eigenvalue weighted by Crippen LogP contribution is 2.32. The van der Waals surface area contributed by atoms with Gasteiger partial charge in [-0.1, -0.05) is 6.07 Å². The number of aryl methyl sites for hydroxylation is 2. The minimum absolute atomic E-state index is 0.0137. The van der Waals surface area contributed by atoms with Crippen molar-refractivity contribution in [1.82, 2.24) is 4.98 Å². The number of rotatable bonds is 6. The summed E-state index contributed by atoms with van der Waals surface area (Å²) in [4.78, 5) is 37.9. The van der Waals surface area contributed by atoms with E-state index < -0.39 is 27.1 Å². The fourth-order valence-electron chi connectivity index (χ4n) is 3.72. The van der Waals surface area contributed by atoms with Gasteiger partial charge in [0.1, 0.15) is 17.3 Å². The minimum atomic E-state index is -0.716. The van der Waals surface area contributed by atoms with Crippen LogP contribution in [0.3, 0.4) is 0 Å². The molecule has 2 N–H and O–H groups in total. The monoisotopic (exact) mass is 464 g/mol. The Hall–Kier alpha value is -4.61. The molecule has 1 aromatic carbocycles. The number of amides is 1. The first-order valence-electron chi connectivity index (χ1n) is 10.4. The fraction of sp³-hybridized carbons (Fsp3) is 0.227. The lowest BCUT2D eigenvalue weighted by atomic mass is 9.93. The van der Waals surface area contributed by atoms with Gasteiger partial charge in [-0.15, -0.1) is 0 Å². The van der Waals surface area contributed by atoms with Gasteiger partial charge in [0.05, 0.1) is 21.6 Å². The predicted octanol–water partition coefficient (Wildman–Crippen LogP) is 4.51. The number of hydrogen-bond donors (Lipinski definition) is 2. The van der Waals surface area contributed by atoms with E-state index in [-0.39, 0.29) is 11.4 Å². The van der Waals surface area contributed by atoms with Gasteiger partial charge in [0.25, 0.3) is 11.6 Å². The van der Waals surface area contributed by atoms with Gasteiger partial charge in [-0.2, -0.15) is 5.10 Å². The zero-order chi connectivity index (χ0) is 24.4. The van der Waals surface area contributed by atoms with Crippen LogP contribution in [-0.2, 0) is 6.42 Å². The highest BCUT2D eigenvalue weighted by Gasteiger charge is 2.28. The molecule has 2 heterocycles. The molecule has 0 fully saturated rings. The number of nitrogens with one attached hydrogen (secondary N) is 2. The third-order valence-electron chi connectivity index (χ3n) is 5.39. The standard InChI is InChI=1S/C22H20N6O6/c1-12-6-9-19(23-11-12)24-22(29)21-13(2)20-16(4-3-5-18(20)34-21)26-25-15-8-7-14(27(30)31)10-17(15)28(32)33/h6-11,25H,3-5H2,1-2H3,(H,23,24,29)/b26-16+. The van der Waals surface area contributed by atoms with Crippen LogP contribution in [0.1, 0.15) is 45.8 Å². The quantitative estimate of drug-likeness (QED) is 0.397. The fourth-order valence-corrected chi connectivity index (χ4v) is 3.72. The predicted molar refractivity (Wildman–Crippen MR) is 123 cm³/mol. The number of carbonyl (C=O) groups is 1. The van der Waals surface area contributed by atoms with Gasteiger partial charge >= 0.3 is 5.69 Å². The lowest BCUT2D eigenvalue weighted by molar-refractivity contribution is -0.393. The number of anilines is 2. The molecule has 0 radical (unpaired) electrons. The Kier molecular flexibility index (Phi) is 6.04. The van der Waals surface area contributed by atoms with Gasteiger partial charge in [-0.05, 0) is 44.4 Å². The second-order valence-electron chi connectivity index (χ2n) is 7.77. The molecule has 0 spiro atoms. The molecule has 4 rings (SSSR count). The smallest absolute Gasteiger partial charge is 0.301 e. The van der Waals surface area contributed by atoms with Crippen LogP contribution in [0.2, 0.25) is 0 Å². The van der Waals surface area contributed by atoms with Crippen LogP contribution in [0.25, 0.3) is 0 Å². The average Bonchev–Trinajstić information content (AvgIpc) is 3.16. The number of hydrazone groups is 1. The van der Waals surface area contributed by atoms with E-state index in [1.807, 2.05) is 13.0 Å². The number of aromatic nitrogens is 1. The molecule has 2 aromatic heterocycles. The third kappa shape index (κ3) is 4.46. The van der Waals surface area contributed by atoms with Crippen molar-refractivity contribution in [1.29, 1.82) is 0 Å². The largest absolute Gasteiger partial charge is 0.455 e. The lowest BCUT2D eigenvalue weighted by Crippen LogP contribution is -2.15. The van der Waals surface area contributed by atoms with Crippen molar-refractivity contribution >= 4 is 34.5 Å². The molecule has 0 atom stereocenters. The lowest BCUT2D eigenvalue weighted by Gasteiger charge is -2.13. The van der Waals surface area contributed by atoms with Gasteiger partial charge in [-0.25, -0.2) is 4.98 Å². The number of furan rings is 1. The summed E-state index contributed by atoms with van der Waals surface area (Å²) in [6, 6.07) is 6.79. The van der Waals surface area contributed by atoms with E-state index in [9.17, 15) is 25.0 Å². The molecule has 12 heteroatoms. The van der Waals surface area contributed by atoms with Crippen molar-refractivity contribution in [3.05, 3.63) is 85.0 Å². The van der Waals surface area contributed by atoms with E-state index in [0.29, 0.717) is 47.7 Å². The summed E-state index contributed by atoms with van der Waals surface area (Å²) < 4.78 is 5.85. The minimum Gasteiger partial charge on any atom is -0.455 e. The van der Waals surface area contributed by atoms with Crippen molar-refractivity contribution in [2.45, 2.75) is 33.1 Å². The molecule has 34 heavy (non-hydrogen) atoms. The Morgan fingerprint density at radius 3 is 2.59 bits per heavy atom. The Morgan fingerprint density at radius 1 is 1.12 bits per heavy atom. The Bertz CT molecular complexity index is 1330. The molecule has 0 saturated carbocycles. The van der Waals surface area contributed by atoms with E-state index in [1.165, 1.54) is 6.07 Å². The van der Waals surface area contributed by atoms with E-state index >= 15 is 0 Å². The number of nitrogens with zero attached hydrogens (tertiary/aromatic N) is 4. The van der Waals surface area contributed by atoms with Gasteiger partial charge in [0.2, 0.25) is 0 Å². The van der Waals surface area contributed by atoms with Gasteiger partial charge in [-0.3, -0.25) is 30.4 Å². The Morgan fingerprint density at radius 2 is 1.91 bits per heavy atom. The molecule has 0 aliphatic heterocycles. The SMILES string of the molecule is Cc1ccc(NC(=O)c2oc3c(c2C)/C(=N/Nc2ccc([N+](=O)[O-])cc2[N+](=O)[O-])CCC3)nc1. The van der Waals surface area contributed by atoms with Crippen LogP contribution in [0.15, 0.2) is 46.0 Å². The second kappa shape index (κ2) is 9.10. The number of benzene rings is 1. The molecular formula is C22H20N6O6. The van der Waals surface area contributed by atoms with Crippen LogP contribution >= 0.6 is 0 Å². The number of nitro groups is 2. The molecule has 0 unspecified atom stereocenters.